The molecule has 2 aromatic heterocycles. The Morgan fingerprint density at radius 3 is 2.85 bits per heavy atom. The van der Waals surface area contributed by atoms with E-state index >= 15 is 0 Å². The van der Waals surface area contributed by atoms with Crippen molar-refractivity contribution in [3.63, 3.8) is 0 Å². The predicted molar refractivity (Wildman–Crippen MR) is 131 cm³/mol. The summed E-state index contributed by atoms with van der Waals surface area (Å²) in [6.07, 6.45) is 5.88. The fourth-order valence-corrected chi connectivity index (χ4v) is 3.41. The van der Waals surface area contributed by atoms with Crippen LogP contribution in [-0.2, 0) is 17.8 Å². The van der Waals surface area contributed by atoms with Crippen molar-refractivity contribution in [2.45, 2.75) is 19.4 Å². The number of nitrogens with one attached hydrogen (secondary N) is 1. The van der Waals surface area contributed by atoms with E-state index in [-0.39, 0.29) is 12.3 Å². The molecule has 0 aliphatic carbocycles. The molecule has 1 aliphatic rings. The van der Waals surface area contributed by atoms with Gasteiger partial charge in [0.25, 0.3) is 0 Å². The molecule has 0 radical (unpaired) electrons. The molecule has 0 saturated carbocycles. The van der Waals surface area contributed by atoms with Crippen LogP contribution >= 0.6 is 0 Å². The maximum absolute atomic E-state index is 12.0. The minimum Gasteiger partial charge on any atom is -0.459 e. The lowest BCUT2D eigenvalue weighted by atomic mass is 10.1. The molecule has 0 atom stereocenters. The predicted octanol–water partition coefficient (Wildman–Crippen LogP) is 3.02. The van der Waals surface area contributed by atoms with E-state index in [0.717, 1.165) is 30.1 Å². The smallest absolute Gasteiger partial charge is 0.237 e. The second-order valence-electron chi connectivity index (χ2n) is 8.42. The molecule has 0 bridgehead atoms. The van der Waals surface area contributed by atoms with Crippen molar-refractivity contribution in [1.29, 1.82) is 5.26 Å². The molecule has 9 heteroatoms. The van der Waals surface area contributed by atoms with E-state index in [1.807, 2.05) is 45.4 Å². The number of amides is 1. The maximum Gasteiger partial charge on any atom is 0.237 e. The topological polar surface area (TPSA) is 102 Å². The summed E-state index contributed by atoms with van der Waals surface area (Å²) in [6.45, 7) is 10.9. The molecular formula is C25H31N7O2. The van der Waals surface area contributed by atoms with Crippen LogP contribution < -0.4 is 5.32 Å². The van der Waals surface area contributed by atoms with Crippen molar-refractivity contribution in [1.82, 2.24) is 24.7 Å². The van der Waals surface area contributed by atoms with Gasteiger partial charge in [0.1, 0.15) is 17.9 Å². The molecule has 0 spiro atoms. The molecule has 0 saturated heterocycles. The monoisotopic (exact) mass is 461 g/mol. The number of carbonyl (C=O) groups is 1. The van der Waals surface area contributed by atoms with Gasteiger partial charge in [-0.2, -0.15) is 5.26 Å². The summed E-state index contributed by atoms with van der Waals surface area (Å²) in [6, 6.07) is 5.58. The van der Waals surface area contributed by atoms with Gasteiger partial charge in [-0.15, -0.1) is 0 Å². The molecule has 3 rings (SSSR count). The fourth-order valence-electron chi connectivity index (χ4n) is 3.41. The average Bonchev–Trinajstić information content (AvgIpc) is 3.25. The number of rotatable bonds is 10. The molecule has 1 amide bonds. The number of hydrogen-bond donors (Lipinski definition) is 1. The first-order chi connectivity index (χ1) is 16.3. The van der Waals surface area contributed by atoms with E-state index in [1.54, 1.807) is 17.2 Å². The third-order valence-corrected chi connectivity index (χ3v) is 5.48. The molecule has 0 aromatic carbocycles. The second kappa shape index (κ2) is 11.3. The number of anilines is 1. The summed E-state index contributed by atoms with van der Waals surface area (Å²) in [5.74, 6) is 1.69. The maximum atomic E-state index is 12.0. The summed E-state index contributed by atoms with van der Waals surface area (Å²) in [7, 11) is 6.08. The van der Waals surface area contributed by atoms with Crippen LogP contribution in [0.5, 0.6) is 0 Å². The lowest BCUT2D eigenvalue weighted by Gasteiger charge is -2.25. The van der Waals surface area contributed by atoms with Crippen LogP contribution in [0.4, 0.5) is 5.95 Å². The molecule has 1 N–H and O–H groups in total. The molecule has 0 fully saturated rings. The van der Waals surface area contributed by atoms with Crippen molar-refractivity contribution < 1.29 is 9.21 Å². The minimum atomic E-state index is -0.164. The summed E-state index contributed by atoms with van der Waals surface area (Å²) >= 11 is 0. The van der Waals surface area contributed by atoms with E-state index in [1.165, 1.54) is 0 Å². The number of aromatic nitrogens is 2. The molecular weight excluding hydrogens is 430 g/mol. The first-order valence-corrected chi connectivity index (χ1v) is 11.1. The van der Waals surface area contributed by atoms with Gasteiger partial charge in [0.2, 0.25) is 11.9 Å². The van der Waals surface area contributed by atoms with Gasteiger partial charge in [0.05, 0.1) is 6.07 Å². The number of likely N-dealkylation sites (N-methyl/N-ethyl adjacent to an activating group) is 2. The molecule has 1 aliphatic heterocycles. The summed E-state index contributed by atoms with van der Waals surface area (Å²) in [5, 5.41) is 11.9. The van der Waals surface area contributed by atoms with E-state index in [9.17, 15) is 4.79 Å². The molecule has 9 nitrogen and oxygen atoms in total. The van der Waals surface area contributed by atoms with Gasteiger partial charge in [-0.25, -0.2) is 9.97 Å². The van der Waals surface area contributed by atoms with E-state index in [4.69, 9.17) is 9.68 Å². The highest BCUT2D eigenvalue weighted by Crippen LogP contribution is 2.29. The zero-order chi connectivity index (χ0) is 24.7. The van der Waals surface area contributed by atoms with Crippen molar-refractivity contribution in [2.24, 2.45) is 0 Å². The highest BCUT2D eigenvalue weighted by Gasteiger charge is 2.24. The summed E-state index contributed by atoms with van der Waals surface area (Å²) < 4.78 is 6.01. The first-order valence-electron chi connectivity index (χ1n) is 11.1. The fraction of sp³-hybridized carbons (Fsp3) is 0.360. The number of carbonyl (C=O) groups excluding carboxylic acids is 1. The lowest BCUT2D eigenvalue weighted by Crippen LogP contribution is -2.35. The Morgan fingerprint density at radius 2 is 2.12 bits per heavy atom. The summed E-state index contributed by atoms with van der Waals surface area (Å²) in [4.78, 5) is 26.7. The van der Waals surface area contributed by atoms with Crippen LogP contribution in [0, 0.1) is 11.3 Å². The van der Waals surface area contributed by atoms with Gasteiger partial charge in [-0.05, 0) is 38.4 Å². The van der Waals surface area contributed by atoms with E-state index in [0.29, 0.717) is 42.6 Å². The van der Waals surface area contributed by atoms with E-state index < -0.39 is 0 Å². The zero-order valence-electron chi connectivity index (χ0n) is 20.0. The van der Waals surface area contributed by atoms with Gasteiger partial charge in [-0.1, -0.05) is 13.2 Å². The van der Waals surface area contributed by atoms with Crippen LogP contribution in [0.25, 0.3) is 11.5 Å². The number of nitrogens with zero attached hydrogens (tertiary/aromatic N) is 6. The van der Waals surface area contributed by atoms with Crippen LogP contribution in [0.1, 0.15) is 17.7 Å². The van der Waals surface area contributed by atoms with Gasteiger partial charge < -0.3 is 24.4 Å². The Morgan fingerprint density at radius 1 is 1.32 bits per heavy atom. The molecule has 3 heterocycles. The van der Waals surface area contributed by atoms with Gasteiger partial charge in [0.15, 0.2) is 5.76 Å². The van der Waals surface area contributed by atoms with Crippen LogP contribution in [-0.4, -0.2) is 71.4 Å². The van der Waals surface area contributed by atoms with Crippen LogP contribution in [0.15, 0.2) is 59.5 Å². The first kappa shape index (κ1) is 24.7. The minimum absolute atomic E-state index is 0.112. The van der Waals surface area contributed by atoms with Crippen molar-refractivity contribution in [3.8, 4) is 17.5 Å². The Labute approximate surface area is 200 Å². The quantitative estimate of drug-likeness (QED) is 0.539. The standard InChI is InChI=1S/C25H31N7O2/c1-18(6-7-19(2)31(5)15-14-30(3)4)28-25-27-12-9-21(29-25)23-16-20-17-32(24(33)8-11-26)13-10-22(20)34-23/h6-7,9,12,16H,1-2,8,10,13-15,17H2,3-5H3,(H,27,28,29)/b7-6-. The van der Waals surface area contributed by atoms with Crippen LogP contribution in [0.3, 0.4) is 0 Å². The third kappa shape index (κ3) is 6.56. The SMILES string of the molecule is C=C(/C=C\C(=C)N(C)CCN(C)C)Nc1nccc(-c2cc3c(o2)CCN(C(=O)CC#N)C3)n1. The number of allylic oxidation sites excluding steroid dienone is 2. The molecule has 178 valence electrons. The van der Waals surface area contributed by atoms with Gasteiger partial charge in [0, 0.05) is 62.8 Å². The summed E-state index contributed by atoms with van der Waals surface area (Å²) in [5.41, 5.74) is 3.07. The van der Waals surface area contributed by atoms with Crippen LogP contribution in [0.2, 0.25) is 0 Å². The zero-order valence-corrected chi connectivity index (χ0v) is 20.0. The number of nitriles is 1. The third-order valence-electron chi connectivity index (χ3n) is 5.48. The number of hydrogen-bond acceptors (Lipinski definition) is 8. The molecule has 34 heavy (non-hydrogen) atoms. The van der Waals surface area contributed by atoms with Crippen molar-refractivity contribution in [3.05, 3.63) is 66.4 Å². The number of fused-ring (bicyclic) bond motifs is 1. The van der Waals surface area contributed by atoms with Gasteiger partial charge in [-0.3, -0.25) is 4.79 Å². The largest absolute Gasteiger partial charge is 0.459 e. The molecule has 0 unspecified atom stereocenters. The lowest BCUT2D eigenvalue weighted by molar-refractivity contribution is -0.131. The van der Waals surface area contributed by atoms with Crippen molar-refractivity contribution >= 4 is 11.9 Å². The normalized spacial score (nSPS) is 13.0. The second-order valence-corrected chi connectivity index (χ2v) is 8.42. The number of furan rings is 1. The van der Waals surface area contributed by atoms with Crippen molar-refractivity contribution in [2.75, 3.05) is 46.1 Å². The highest BCUT2D eigenvalue weighted by atomic mass is 16.3. The Bertz CT molecular complexity index is 1130. The Balaban J connectivity index is 1.63. The average molecular weight is 462 g/mol. The molecule has 2 aromatic rings. The Hall–Kier alpha value is -3.90. The van der Waals surface area contributed by atoms with Gasteiger partial charge >= 0.3 is 0 Å². The van der Waals surface area contributed by atoms with E-state index in [2.05, 4.69) is 38.2 Å². The Kier molecular flexibility index (Phi) is 8.22. The highest BCUT2D eigenvalue weighted by molar-refractivity contribution is 5.78.